The van der Waals surface area contributed by atoms with Crippen LogP contribution < -0.4 is 5.73 Å². The summed E-state index contributed by atoms with van der Waals surface area (Å²) in [6, 6.07) is 1.36. The van der Waals surface area contributed by atoms with Gasteiger partial charge in [0, 0.05) is 10.5 Å². The predicted octanol–water partition coefficient (Wildman–Crippen LogP) is 1.66. The summed E-state index contributed by atoms with van der Waals surface area (Å²) in [7, 11) is -3.66. The van der Waals surface area contributed by atoms with Crippen LogP contribution in [0.25, 0.3) is 0 Å². The third-order valence-electron chi connectivity index (χ3n) is 2.15. The second-order valence-corrected chi connectivity index (χ2v) is 7.65. The Hall–Kier alpha value is -0.640. The molecular weight excluding hydrogens is 342 g/mol. The molecule has 1 rings (SSSR count). The molecule has 0 bridgehead atoms. The first-order chi connectivity index (χ1) is 8.30. The highest BCUT2D eigenvalue weighted by atomic mass is 79.9. The fraction of sp³-hybridized carbons (Fsp3) is 0.444. The number of hydrogen-bond donors (Lipinski definition) is 2. The van der Waals surface area contributed by atoms with Crippen LogP contribution in [0.4, 0.5) is 0 Å². The number of rotatable bonds is 5. The third kappa shape index (κ3) is 3.22. The molecule has 6 nitrogen and oxygen atoms in total. The van der Waals surface area contributed by atoms with Crippen LogP contribution in [0.1, 0.15) is 13.8 Å². The molecule has 0 aromatic carbocycles. The van der Waals surface area contributed by atoms with Crippen molar-refractivity contribution in [3.63, 3.8) is 0 Å². The predicted molar refractivity (Wildman–Crippen MR) is 74.5 cm³/mol. The van der Waals surface area contributed by atoms with Crippen molar-refractivity contribution in [1.29, 1.82) is 0 Å². The Morgan fingerprint density at radius 3 is 2.67 bits per heavy atom. The minimum atomic E-state index is -3.66. The summed E-state index contributed by atoms with van der Waals surface area (Å²) in [5.41, 5.74) is 5.39. The van der Waals surface area contributed by atoms with Gasteiger partial charge in [0.05, 0.1) is 6.54 Å². The number of thiophene rings is 1. The largest absolute Gasteiger partial charge is 0.409 e. The van der Waals surface area contributed by atoms with Gasteiger partial charge in [0.1, 0.15) is 4.21 Å². The fourth-order valence-electron chi connectivity index (χ4n) is 1.31. The van der Waals surface area contributed by atoms with E-state index in [0.29, 0.717) is 4.47 Å². The Bertz CT molecular complexity index is 539. The van der Waals surface area contributed by atoms with Crippen molar-refractivity contribution in [3.05, 3.63) is 15.9 Å². The van der Waals surface area contributed by atoms with Crippen molar-refractivity contribution >= 4 is 43.1 Å². The van der Waals surface area contributed by atoms with E-state index in [1.54, 1.807) is 25.3 Å². The zero-order valence-corrected chi connectivity index (χ0v) is 13.1. The lowest BCUT2D eigenvalue weighted by Crippen LogP contribution is -2.42. The molecule has 0 unspecified atom stereocenters. The van der Waals surface area contributed by atoms with Gasteiger partial charge >= 0.3 is 0 Å². The Kier molecular flexibility index (Phi) is 5.14. The van der Waals surface area contributed by atoms with Crippen LogP contribution in [0.15, 0.2) is 25.3 Å². The summed E-state index contributed by atoms with van der Waals surface area (Å²) in [5, 5.41) is 13.0. The number of sulfonamides is 1. The highest BCUT2D eigenvalue weighted by Gasteiger charge is 2.30. The second kappa shape index (κ2) is 6.00. The van der Waals surface area contributed by atoms with Crippen LogP contribution >= 0.6 is 27.3 Å². The molecule has 0 amide bonds. The van der Waals surface area contributed by atoms with E-state index >= 15 is 0 Å². The molecule has 0 aliphatic carbocycles. The second-order valence-electron chi connectivity index (χ2n) is 3.79. The molecule has 1 heterocycles. The Balaban J connectivity index is 3.18. The summed E-state index contributed by atoms with van der Waals surface area (Å²) in [6.45, 7) is 3.30. The summed E-state index contributed by atoms with van der Waals surface area (Å²) in [5.74, 6) is -0.153. The lowest BCUT2D eigenvalue weighted by Gasteiger charge is -2.24. The minimum absolute atomic E-state index is 0.152. The quantitative estimate of drug-likeness (QED) is 0.363. The number of amidine groups is 1. The highest BCUT2D eigenvalue weighted by Crippen LogP contribution is 2.30. The molecule has 0 radical (unpaired) electrons. The molecular formula is C9H14BrN3O3S2. The molecule has 0 aliphatic rings. The van der Waals surface area contributed by atoms with E-state index < -0.39 is 10.0 Å². The Labute approximate surface area is 118 Å². The molecule has 0 aliphatic heterocycles. The molecule has 0 saturated heterocycles. The standard InChI is InChI=1S/C9H14BrN3O3S2/c1-6(2)13(5-8(11)12-14)18(15,16)9-7(10)3-4-17-9/h3-4,6,14H,5H2,1-2H3,(H2,11,12). The number of nitrogens with two attached hydrogens (primary N) is 1. The topological polar surface area (TPSA) is 96.0 Å². The van der Waals surface area contributed by atoms with E-state index in [-0.39, 0.29) is 22.6 Å². The number of oxime groups is 1. The van der Waals surface area contributed by atoms with Gasteiger partial charge in [-0.05, 0) is 41.2 Å². The molecule has 0 atom stereocenters. The first-order valence-electron chi connectivity index (χ1n) is 5.02. The Morgan fingerprint density at radius 1 is 1.67 bits per heavy atom. The number of hydrogen-bond acceptors (Lipinski definition) is 5. The van der Waals surface area contributed by atoms with Crippen molar-refractivity contribution in [3.8, 4) is 0 Å². The first-order valence-corrected chi connectivity index (χ1v) is 8.13. The molecule has 3 N–H and O–H groups in total. The molecule has 0 spiro atoms. The molecule has 9 heteroatoms. The average Bonchev–Trinajstić information content (AvgIpc) is 2.71. The smallest absolute Gasteiger partial charge is 0.254 e. The maximum absolute atomic E-state index is 12.4. The van der Waals surface area contributed by atoms with Crippen molar-refractivity contribution in [2.45, 2.75) is 24.1 Å². The zero-order chi connectivity index (χ0) is 13.9. The van der Waals surface area contributed by atoms with Crippen LogP contribution in [-0.2, 0) is 10.0 Å². The highest BCUT2D eigenvalue weighted by molar-refractivity contribution is 9.10. The van der Waals surface area contributed by atoms with Gasteiger partial charge in [-0.1, -0.05) is 5.16 Å². The molecule has 102 valence electrons. The SMILES string of the molecule is CC(C)N(CC(N)=NO)S(=O)(=O)c1sccc1Br. The van der Waals surface area contributed by atoms with Gasteiger partial charge in [-0.15, -0.1) is 11.3 Å². The van der Waals surface area contributed by atoms with E-state index in [1.807, 2.05) is 0 Å². The average molecular weight is 356 g/mol. The monoisotopic (exact) mass is 355 g/mol. The van der Waals surface area contributed by atoms with E-state index in [0.717, 1.165) is 11.3 Å². The zero-order valence-electron chi connectivity index (χ0n) is 9.87. The Morgan fingerprint density at radius 2 is 2.28 bits per heavy atom. The lowest BCUT2D eigenvalue weighted by molar-refractivity contribution is 0.312. The van der Waals surface area contributed by atoms with Crippen LogP contribution in [0.2, 0.25) is 0 Å². The fourth-order valence-corrected chi connectivity index (χ4v) is 5.34. The summed E-state index contributed by atoms with van der Waals surface area (Å²) >= 11 is 4.31. The van der Waals surface area contributed by atoms with E-state index in [4.69, 9.17) is 10.9 Å². The normalized spacial score (nSPS) is 13.5. The third-order valence-corrected chi connectivity index (χ3v) is 6.82. The number of halogens is 1. The molecule has 18 heavy (non-hydrogen) atoms. The summed E-state index contributed by atoms with van der Waals surface area (Å²) in [6.07, 6.45) is 0. The van der Waals surface area contributed by atoms with Gasteiger partial charge < -0.3 is 10.9 Å². The van der Waals surface area contributed by atoms with Crippen LogP contribution in [-0.4, -0.2) is 36.4 Å². The van der Waals surface area contributed by atoms with Gasteiger partial charge in [-0.25, -0.2) is 8.42 Å². The summed E-state index contributed by atoms with van der Waals surface area (Å²) < 4.78 is 26.7. The van der Waals surface area contributed by atoms with Crippen molar-refractivity contribution in [2.24, 2.45) is 10.9 Å². The van der Waals surface area contributed by atoms with Crippen molar-refractivity contribution in [2.75, 3.05) is 6.54 Å². The molecule has 1 aromatic rings. The van der Waals surface area contributed by atoms with Crippen LogP contribution in [0, 0.1) is 0 Å². The number of nitrogens with zero attached hydrogens (tertiary/aromatic N) is 2. The van der Waals surface area contributed by atoms with Crippen LogP contribution in [0.3, 0.4) is 0 Å². The van der Waals surface area contributed by atoms with Gasteiger partial charge in [-0.3, -0.25) is 0 Å². The van der Waals surface area contributed by atoms with Gasteiger partial charge in [-0.2, -0.15) is 4.31 Å². The van der Waals surface area contributed by atoms with E-state index in [9.17, 15) is 8.42 Å². The van der Waals surface area contributed by atoms with E-state index in [1.165, 1.54) is 4.31 Å². The minimum Gasteiger partial charge on any atom is -0.409 e. The maximum Gasteiger partial charge on any atom is 0.254 e. The lowest BCUT2D eigenvalue weighted by atomic mass is 10.4. The van der Waals surface area contributed by atoms with E-state index in [2.05, 4.69) is 21.1 Å². The molecule has 0 fully saturated rings. The van der Waals surface area contributed by atoms with Gasteiger partial charge in [0.2, 0.25) is 0 Å². The maximum atomic E-state index is 12.4. The first kappa shape index (κ1) is 15.4. The van der Waals surface area contributed by atoms with Crippen molar-refractivity contribution in [1.82, 2.24) is 4.31 Å². The van der Waals surface area contributed by atoms with Crippen molar-refractivity contribution < 1.29 is 13.6 Å². The van der Waals surface area contributed by atoms with Gasteiger partial charge in [0.15, 0.2) is 5.84 Å². The molecule has 0 saturated carbocycles. The molecule has 1 aromatic heterocycles. The van der Waals surface area contributed by atoms with Crippen LogP contribution in [0.5, 0.6) is 0 Å². The summed E-state index contributed by atoms with van der Waals surface area (Å²) in [4.78, 5) is 0. The van der Waals surface area contributed by atoms with Gasteiger partial charge in [0.25, 0.3) is 10.0 Å².